The molecule has 1 amide bonds. The lowest BCUT2D eigenvalue weighted by Gasteiger charge is -2.12. The van der Waals surface area contributed by atoms with Crippen LogP contribution in [0.3, 0.4) is 0 Å². The summed E-state index contributed by atoms with van der Waals surface area (Å²) in [5.74, 6) is 0.600. The molecule has 4 rings (SSSR count). The molecule has 0 spiro atoms. The summed E-state index contributed by atoms with van der Waals surface area (Å²) in [4.78, 5) is 22.9. The van der Waals surface area contributed by atoms with E-state index in [4.69, 9.17) is 14.2 Å². The smallest absolute Gasteiger partial charge is 0.271 e. The molecular formula is C21H17N3O8S. The largest absolute Gasteiger partial charge is 0.495 e. The molecule has 1 heterocycles. The first-order chi connectivity index (χ1) is 15.8. The van der Waals surface area contributed by atoms with Crippen molar-refractivity contribution in [1.29, 1.82) is 0 Å². The molecule has 2 N–H and O–H groups in total. The van der Waals surface area contributed by atoms with Crippen molar-refractivity contribution in [3.8, 4) is 17.2 Å². The molecule has 3 aromatic carbocycles. The number of carbonyl (C=O) groups is 1. The number of hydrogen-bond donors (Lipinski definition) is 2. The van der Waals surface area contributed by atoms with E-state index in [2.05, 4.69) is 10.0 Å². The maximum atomic E-state index is 12.9. The Balaban J connectivity index is 1.57. The fourth-order valence-corrected chi connectivity index (χ4v) is 4.18. The Morgan fingerprint density at radius 2 is 1.85 bits per heavy atom. The molecular weight excluding hydrogens is 454 g/mol. The molecule has 0 bridgehead atoms. The molecule has 0 unspecified atom stereocenters. The summed E-state index contributed by atoms with van der Waals surface area (Å²) in [5.41, 5.74) is 0.103. The van der Waals surface area contributed by atoms with Crippen LogP contribution in [0.1, 0.15) is 10.4 Å². The predicted octanol–water partition coefficient (Wildman–Crippen LogP) is 3.39. The van der Waals surface area contributed by atoms with Gasteiger partial charge in [0, 0.05) is 29.4 Å². The number of amides is 1. The third-order valence-electron chi connectivity index (χ3n) is 4.68. The first kappa shape index (κ1) is 21.9. The molecule has 0 saturated heterocycles. The van der Waals surface area contributed by atoms with Crippen LogP contribution in [0.2, 0.25) is 0 Å². The van der Waals surface area contributed by atoms with Crippen LogP contribution in [0.5, 0.6) is 17.2 Å². The second kappa shape index (κ2) is 8.67. The zero-order valence-electron chi connectivity index (χ0n) is 17.1. The van der Waals surface area contributed by atoms with E-state index in [9.17, 15) is 23.3 Å². The van der Waals surface area contributed by atoms with Crippen LogP contribution in [0.25, 0.3) is 0 Å². The van der Waals surface area contributed by atoms with Gasteiger partial charge in [0.1, 0.15) is 5.75 Å². The minimum atomic E-state index is -4.19. The number of ether oxygens (including phenoxy) is 3. The van der Waals surface area contributed by atoms with Gasteiger partial charge in [-0.3, -0.25) is 19.6 Å². The minimum Gasteiger partial charge on any atom is -0.495 e. The lowest BCUT2D eigenvalue weighted by Crippen LogP contribution is -2.16. The van der Waals surface area contributed by atoms with Gasteiger partial charge in [0.2, 0.25) is 6.79 Å². The maximum absolute atomic E-state index is 12.9. The summed E-state index contributed by atoms with van der Waals surface area (Å²) >= 11 is 0. The van der Waals surface area contributed by atoms with Crippen molar-refractivity contribution in [3.05, 3.63) is 76.3 Å². The third-order valence-corrected chi connectivity index (χ3v) is 6.04. The van der Waals surface area contributed by atoms with Gasteiger partial charge >= 0.3 is 0 Å². The number of fused-ring (bicyclic) bond motifs is 1. The quantitative estimate of drug-likeness (QED) is 0.394. The first-order valence-corrected chi connectivity index (χ1v) is 10.9. The topological polar surface area (TPSA) is 146 Å². The van der Waals surface area contributed by atoms with Gasteiger partial charge in [0.05, 0.1) is 22.6 Å². The van der Waals surface area contributed by atoms with E-state index in [1.54, 1.807) is 18.2 Å². The molecule has 3 aromatic rings. The van der Waals surface area contributed by atoms with Crippen molar-refractivity contribution >= 4 is 33.0 Å². The van der Waals surface area contributed by atoms with Crippen molar-refractivity contribution in [2.45, 2.75) is 4.90 Å². The molecule has 11 nitrogen and oxygen atoms in total. The minimum absolute atomic E-state index is 0.0848. The van der Waals surface area contributed by atoms with E-state index in [1.807, 2.05) is 0 Å². The fraction of sp³-hybridized carbons (Fsp3) is 0.0952. The number of anilines is 2. The summed E-state index contributed by atoms with van der Waals surface area (Å²) in [6.07, 6.45) is 0. The monoisotopic (exact) mass is 471 g/mol. The summed E-state index contributed by atoms with van der Waals surface area (Å²) in [5, 5.41) is 13.7. The molecule has 0 saturated carbocycles. The summed E-state index contributed by atoms with van der Waals surface area (Å²) in [6.45, 7) is 0.0923. The highest BCUT2D eigenvalue weighted by atomic mass is 32.2. The van der Waals surface area contributed by atoms with Gasteiger partial charge < -0.3 is 19.5 Å². The van der Waals surface area contributed by atoms with E-state index in [0.717, 1.165) is 6.07 Å². The highest BCUT2D eigenvalue weighted by Crippen LogP contribution is 2.34. The molecule has 0 radical (unpaired) electrons. The van der Waals surface area contributed by atoms with Crippen LogP contribution in [0.15, 0.2) is 65.6 Å². The molecule has 0 fully saturated rings. The van der Waals surface area contributed by atoms with Crippen LogP contribution >= 0.6 is 0 Å². The predicted molar refractivity (Wildman–Crippen MR) is 117 cm³/mol. The van der Waals surface area contributed by atoms with Gasteiger partial charge in [0.15, 0.2) is 11.5 Å². The van der Waals surface area contributed by atoms with E-state index in [1.165, 1.54) is 43.5 Å². The summed E-state index contributed by atoms with van der Waals surface area (Å²) in [6, 6.07) is 13.7. The van der Waals surface area contributed by atoms with E-state index in [-0.39, 0.29) is 34.4 Å². The van der Waals surface area contributed by atoms with Gasteiger partial charge in [-0.2, -0.15) is 0 Å². The van der Waals surface area contributed by atoms with E-state index < -0.39 is 20.9 Å². The summed E-state index contributed by atoms with van der Waals surface area (Å²) < 4.78 is 43.7. The SMILES string of the molecule is COc1ccc([N+](=O)[O-])cc1NS(=O)(=O)c1cccc(C(=O)Nc2ccc3c(c2)OCO3)c1. The fourth-order valence-electron chi connectivity index (χ4n) is 3.08. The van der Waals surface area contributed by atoms with Gasteiger partial charge in [-0.05, 0) is 36.4 Å². The van der Waals surface area contributed by atoms with E-state index >= 15 is 0 Å². The van der Waals surface area contributed by atoms with Crippen molar-refractivity contribution in [2.24, 2.45) is 0 Å². The van der Waals surface area contributed by atoms with Gasteiger partial charge in [0.25, 0.3) is 21.6 Å². The van der Waals surface area contributed by atoms with Crippen molar-refractivity contribution in [2.75, 3.05) is 23.9 Å². The van der Waals surface area contributed by atoms with Gasteiger partial charge in [-0.15, -0.1) is 0 Å². The standard InChI is InChI=1S/C21H17N3O8S/c1-30-18-8-6-15(24(26)27)11-17(18)23-33(28,29)16-4-2-3-13(9-16)21(25)22-14-5-7-19-20(10-14)32-12-31-19/h2-11,23H,12H2,1H3,(H,22,25). The molecule has 1 aliphatic heterocycles. The molecule has 33 heavy (non-hydrogen) atoms. The van der Waals surface area contributed by atoms with Crippen LogP contribution in [-0.2, 0) is 10.0 Å². The van der Waals surface area contributed by atoms with Gasteiger partial charge in [-0.1, -0.05) is 6.07 Å². The number of sulfonamides is 1. The van der Waals surface area contributed by atoms with Crippen LogP contribution in [0, 0.1) is 10.1 Å². The third kappa shape index (κ3) is 4.65. The lowest BCUT2D eigenvalue weighted by molar-refractivity contribution is -0.384. The Kier molecular flexibility index (Phi) is 5.75. The Bertz CT molecular complexity index is 1360. The number of benzene rings is 3. The number of nitro groups is 1. The van der Waals surface area contributed by atoms with Gasteiger partial charge in [-0.25, -0.2) is 8.42 Å². The number of non-ortho nitro benzene ring substituents is 1. The van der Waals surface area contributed by atoms with Crippen LogP contribution in [-0.4, -0.2) is 33.2 Å². The number of methoxy groups -OCH3 is 1. The average molecular weight is 471 g/mol. The van der Waals surface area contributed by atoms with Crippen molar-refractivity contribution in [1.82, 2.24) is 0 Å². The number of rotatable bonds is 7. The molecule has 170 valence electrons. The highest BCUT2D eigenvalue weighted by molar-refractivity contribution is 7.92. The van der Waals surface area contributed by atoms with Crippen molar-refractivity contribution in [3.63, 3.8) is 0 Å². The molecule has 1 aliphatic rings. The normalized spacial score (nSPS) is 12.2. The number of carbonyl (C=O) groups excluding carboxylic acids is 1. The Labute approximate surface area is 188 Å². The molecule has 0 aromatic heterocycles. The average Bonchev–Trinajstić information content (AvgIpc) is 3.26. The zero-order valence-corrected chi connectivity index (χ0v) is 17.9. The molecule has 0 aliphatic carbocycles. The molecule has 12 heteroatoms. The lowest BCUT2D eigenvalue weighted by atomic mass is 10.2. The number of nitrogens with zero attached hydrogens (tertiary/aromatic N) is 1. The van der Waals surface area contributed by atoms with Crippen molar-refractivity contribution < 1.29 is 32.3 Å². The second-order valence-corrected chi connectivity index (χ2v) is 8.48. The molecule has 0 atom stereocenters. The second-order valence-electron chi connectivity index (χ2n) is 6.80. The first-order valence-electron chi connectivity index (χ1n) is 9.43. The Morgan fingerprint density at radius 3 is 2.61 bits per heavy atom. The van der Waals surface area contributed by atoms with Crippen LogP contribution in [0.4, 0.5) is 17.1 Å². The van der Waals surface area contributed by atoms with E-state index in [0.29, 0.717) is 17.2 Å². The van der Waals surface area contributed by atoms with Crippen LogP contribution < -0.4 is 24.2 Å². The number of hydrogen-bond acceptors (Lipinski definition) is 8. The Hall–Kier alpha value is -4.32. The number of nitrogens with one attached hydrogen (secondary N) is 2. The Morgan fingerprint density at radius 1 is 1.06 bits per heavy atom. The zero-order chi connectivity index (χ0) is 23.6. The number of nitro benzene ring substituents is 1. The maximum Gasteiger partial charge on any atom is 0.271 e. The summed E-state index contributed by atoms with van der Waals surface area (Å²) in [7, 11) is -2.89. The highest BCUT2D eigenvalue weighted by Gasteiger charge is 2.21.